The summed E-state index contributed by atoms with van der Waals surface area (Å²) < 4.78 is 4.95. The lowest BCUT2D eigenvalue weighted by Gasteiger charge is -2.59. The average molecular weight is 340 g/mol. The highest BCUT2D eigenvalue weighted by Crippen LogP contribution is 2.56. The molecule has 1 unspecified atom stereocenters. The van der Waals surface area contributed by atoms with Crippen LogP contribution in [-0.4, -0.2) is 27.6 Å². The Hall–Kier alpha value is -2.37. The van der Waals surface area contributed by atoms with E-state index < -0.39 is 0 Å². The Morgan fingerprint density at radius 1 is 1.28 bits per heavy atom. The number of aromatic nitrogens is 2. The van der Waals surface area contributed by atoms with Crippen molar-refractivity contribution in [2.75, 3.05) is 6.54 Å². The maximum absolute atomic E-state index is 12.7. The smallest absolute Gasteiger partial charge is 0.318 e. The van der Waals surface area contributed by atoms with Crippen molar-refractivity contribution >= 4 is 6.03 Å². The Morgan fingerprint density at radius 3 is 2.72 bits per heavy atom. The predicted octanol–water partition coefficient (Wildman–Crippen LogP) is 3.60. The molecule has 1 spiro atoms. The highest BCUT2D eigenvalue weighted by Gasteiger charge is 2.54. The highest BCUT2D eigenvalue weighted by molar-refractivity contribution is 5.76. The lowest BCUT2D eigenvalue weighted by Crippen LogP contribution is -2.63. The lowest BCUT2D eigenvalue weighted by atomic mass is 9.61. The van der Waals surface area contributed by atoms with Crippen LogP contribution in [0.15, 0.2) is 34.9 Å². The van der Waals surface area contributed by atoms with Crippen LogP contribution in [0.5, 0.6) is 0 Å². The van der Waals surface area contributed by atoms with Gasteiger partial charge in [0.2, 0.25) is 5.89 Å². The molecule has 0 bridgehead atoms. The summed E-state index contributed by atoms with van der Waals surface area (Å²) in [7, 11) is 0. The van der Waals surface area contributed by atoms with E-state index in [1.54, 1.807) is 6.92 Å². The lowest BCUT2D eigenvalue weighted by molar-refractivity contribution is -0.0696. The minimum atomic E-state index is -0.0486. The van der Waals surface area contributed by atoms with Crippen molar-refractivity contribution in [3.63, 3.8) is 0 Å². The summed E-state index contributed by atoms with van der Waals surface area (Å²) in [6, 6.07) is 10.5. The summed E-state index contributed by atoms with van der Waals surface area (Å²) in [5, 5.41) is 6.77. The second kappa shape index (κ2) is 6.50. The van der Waals surface area contributed by atoms with Crippen molar-refractivity contribution in [2.24, 2.45) is 5.41 Å². The molecule has 2 heterocycles. The van der Waals surface area contributed by atoms with E-state index in [1.165, 1.54) is 37.7 Å². The first-order chi connectivity index (χ1) is 12.2. The van der Waals surface area contributed by atoms with Gasteiger partial charge < -0.3 is 14.7 Å². The summed E-state index contributed by atoms with van der Waals surface area (Å²) in [5.41, 5.74) is 1.49. The summed E-state index contributed by atoms with van der Waals surface area (Å²) in [4.78, 5) is 18.8. The maximum atomic E-state index is 12.7. The van der Waals surface area contributed by atoms with Gasteiger partial charge in [-0.2, -0.15) is 4.98 Å². The molecule has 2 aromatic rings. The Balaban J connectivity index is 1.49. The molecule has 25 heavy (non-hydrogen) atoms. The monoisotopic (exact) mass is 340 g/mol. The quantitative estimate of drug-likeness (QED) is 0.927. The molecule has 1 aliphatic heterocycles. The molecule has 1 saturated heterocycles. The van der Waals surface area contributed by atoms with Gasteiger partial charge in [-0.05, 0) is 18.4 Å². The summed E-state index contributed by atoms with van der Waals surface area (Å²) in [5.74, 6) is 1.02. The molecular formula is C19H24N4O2. The third-order valence-corrected chi connectivity index (χ3v) is 5.57. The largest absolute Gasteiger partial charge is 0.340 e. The van der Waals surface area contributed by atoms with E-state index in [1.807, 2.05) is 11.0 Å². The van der Waals surface area contributed by atoms with Crippen LogP contribution < -0.4 is 5.32 Å². The van der Waals surface area contributed by atoms with Crippen LogP contribution in [-0.2, 0) is 6.54 Å². The van der Waals surface area contributed by atoms with Gasteiger partial charge >= 0.3 is 6.03 Å². The average Bonchev–Trinajstić information content (AvgIpc) is 3.05. The first kappa shape index (κ1) is 16.1. The van der Waals surface area contributed by atoms with Crippen molar-refractivity contribution in [1.82, 2.24) is 20.4 Å². The fourth-order valence-electron chi connectivity index (χ4n) is 4.45. The van der Waals surface area contributed by atoms with Gasteiger partial charge in [-0.25, -0.2) is 4.79 Å². The maximum Gasteiger partial charge on any atom is 0.318 e. The van der Waals surface area contributed by atoms with E-state index in [0.717, 1.165) is 6.54 Å². The molecule has 1 aromatic carbocycles. The van der Waals surface area contributed by atoms with Crippen LogP contribution in [0.2, 0.25) is 0 Å². The second-order valence-corrected chi connectivity index (χ2v) is 7.25. The summed E-state index contributed by atoms with van der Waals surface area (Å²) in [6.07, 6.45) is 6.26. The van der Waals surface area contributed by atoms with Gasteiger partial charge in [-0.1, -0.05) is 54.8 Å². The van der Waals surface area contributed by atoms with Gasteiger partial charge in [-0.15, -0.1) is 0 Å². The SMILES string of the molecule is Cc1nc(CNC(=O)N2CC3(CCCCC3)C2c2ccccc2)no1. The number of likely N-dealkylation sites (tertiary alicyclic amines) is 1. The standard InChI is InChI=1S/C19H24N4O2/c1-14-21-16(22-25-14)12-20-18(24)23-13-19(10-6-3-7-11-19)17(23)15-8-4-2-5-9-15/h2,4-5,8-9,17H,3,6-7,10-13H2,1H3,(H,20,24). The van der Waals surface area contributed by atoms with E-state index in [4.69, 9.17) is 4.52 Å². The van der Waals surface area contributed by atoms with Crippen molar-refractivity contribution in [2.45, 2.75) is 51.6 Å². The Bertz CT molecular complexity index is 737. The molecule has 6 heteroatoms. The summed E-state index contributed by atoms with van der Waals surface area (Å²) >= 11 is 0. The molecule has 1 saturated carbocycles. The Kier molecular flexibility index (Phi) is 4.19. The predicted molar refractivity (Wildman–Crippen MR) is 92.7 cm³/mol. The van der Waals surface area contributed by atoms with Gasteiger partial charge in [0.15, 0.2) is 5.82 Å². The van der Waals surface area contributed by atoms with Crippen LogP contribution in [0.1, 0.15) is 55.4 Å². The number of hydrogen-bond acceptors (Lipinski definition) is 4. The molecule has 0 radical (unpaired) electrons. The fourth-order valence-corrected chi connectivity index (χ4v) is 4.45. The molecule has 4 rings (SSSR count). The van der Waals surface area contributed by atoms with E-state index in [2.05, 4.69) is 39.7 Å². The second-order valence-electron chi connectivity index (χ2n) is 7.25. The zero-order valence-electron chi connectivity index (χ0n) is 14.6. The van der Waals surface area contributed by atoms with Crippen LogP contribution >= 0.6 is 0 Å². The first-order valence-electron chi connectivity index (χ1n) is 9.07. The molecule has 2 amide bonds. The minimum Gasteiger partial charge on any atom is -0.340 e. The van der Waals surface area contributed by atoms with E-state index in [9.17, 15) is 4.79 Å². The number of urea groups is 1. The van der Waals surface area contributed by atoms with E-state index in [-0.39, 0.29) is 17.5 Å². The van der Waals surface area contributed by atoms with Crippen molar-refractivity contribution in [1.29, 1.82) is 0 Å². The van der Waals surface area contributed by atoms with Crippen molar-refractivity contribution in [3.8, 4) is 0 Å². The third kappa shape index (κ3) is 3.01. The molecule has 1 N–H and O–H groups in total. The molecule has 1 atom stereocenters. The topological polar surface area (TPSA) is 71.3 Å². The zero-order chi connectivity index (χ0) is 17.3. The van der Waals surface area contributed by atoms with Gasteiger partial charge in [0.05, 0.1) is 12.6 Å². The van der Waals surface area contributed by atoms with Crippen LogP contribution in [0, 0.1) is 12.3 Å². The molecular weight excluding hydrogens is 316 g/mol. The molecule has 2 aliphatic rings. The van der Waals surface area contributed by atoms with Crippen LogP contribution in [0.3, 0.4) is 0 Å². The third-order valence-electron chi connectivity index (χ3n) is 5.57. The normalized spacial score (nSPS) is 21.8. The molecule has 1 aliphatic carbocycles. The molecule has 6 nitrogen and oxygen atoms in total. The number of nitrogens with zero attached hydrogens (tertiary/aromatic N) is 3. The molecule has 132 valence electrons. The number of benzene rings is 1. The minimum absolute atomic E-state index is 0.0486. The van der Waals surface area contributed by atoms with Crippen LogP contribution in [0.25, 0.3) is 0 Å². The highest BCUT2D eigenvalue weighted by atomic mass is 16.5. The number of nitrogens with one attached hydrogen (secondary N) is 1. The Labute approximate surface area is 147 Å². The van der Waals surface area contributed by atoms with E-state index in [0.29, 0.717) is 18.3 Å². The number of hydrogen-bond donors (Lipinski definition) is 1. The fraction of sp³-hybridized carbons (Fsp3) is 0.526. The first-order valence-corrected chi connectivity index (χ1v) is 9.07. The Morgan fingerprint density at radius 2 is 2.04 bits per heavy atom. The van der Waals surface area contributed by atoms with Gasteiger partial charge in [-0.3, -0.25) is 0 Å². The number of amides is 2. The van der Waals surface area contributed by atoms with Gasteiger partial charge in [0, 0.05) is 18.9 Å². The molecule has 1 aromatic heterocycles. The van der Waals surface area contributed by atoms with Crippen LogP contribution in [0.4, 0.5) is 4.79 Å². The van der Waals surface area contributed by atoms with Crippen molar-refractivity contribution < 1.29 is 9.32 Å². The van der Waals surface area contributed by atoms with Gasteiger partial charge in [0.25, 0.3) is 0 Å². The number of carbonyl (C=O) groups excluding carboxylic acids is 1. The molecule has 2 fully saturated rings. The number of carbonyl (C=O) groups is 1. The van der Waals surface area contributed by atoms with Crippen molar-refractivity contribution in [3.05, 3.63) is 47.6 Å². The summed E-state index contributed by atoms with van der Waals surface area (Å²) in [6.45, 7) is 2.87. The number of rotatable bonds is 3. The van der Waals surface area contributed by atoms with E-state index >= 15 is 0 Å². The number of aryl methyl sites for hydroxylation is 1. The zero-order valence-corrected chi connectivity index (χ0v) is 14.6. The van der Waals surface area contributed by atoms with Gasteiger partial charge in [0.1, 0.15) is 0 Å².